The number of halogens is 1. The number of nitrogens with zero attached hydrogens (tertiary/aromatic N) is 1. The molecule has 134 valence electrons. The van der Waals surface area contributed by atoms with Crippen molar-refractivity contribution in [3.05, 3.63) is 28.8 Å². The molecule has 0 radical (unpaired) electrons. The third-order valence-corrected chi connectivity index (χ3v) is 3.60. The van der Waals surface area contributed by atoms with E-state index in [0.717, 1.165) is 31.5 Å². The number of ether oxygens (including phenoxy) is 2. The van der Waals surface area contributed by atoms with Gasteiger partial charge in [0.2, 0.25) is 5.91 Å². The van der Waals surface area contributed by atoms with E-state index in [4.69, 9.17) is 21.1 Å². The highest BCUT2D eigenvalue weighted by molar-refractivity contribution is 6.32. The highest BCUT2D eigenvalue weighted by Crippen LogP contribution is 2.37. The maximum absolute atomic E-state index is 12.3. The number of carbonyl (C=O) groups is 1. The van der Waals surface area contributed by atoms with Gasteiger partial charge in [-0.1, -0.05) is 25.4 Å². The molecular formula is C19H28ClNO3. The fourth-order valence-electron chi connectivity index (χ4n) is 2.33. The van der Waals surface area contributed by atoms with Crippen molar-refractivity contribution in [2.24, 2.45) is 0 Å². The van der Waals surface area contributed by atoms with Gasteiger partial charge in [-0.05, 0) is 50.5 Å². The van der Waals surface area contributed by atoms with Gasteiger partial charge >= 0.3 is 0 Å². The second-order valence-electron chi connectivity index (χ2n) is 5.86. The normalized spacial score (nSPS) is 11.1. The zero-order chi connectivity index (χ0) is 18.1. The first-order chi connectivity index (χ1) is 11.4. The molecule has 0 saturated heterocycles. The molecule has 0 spiro atoms. The average molecular weight is 354 g/mol. The van der Waals surface area contributed by atoms with Crippen molar-refractivity contribution in [1.29, 1.82) is 0 Å². The van der Waals surface area contributed by atoms with Gasteiger partial charge in [0.25, 0.3) is 0 Å². The van der Waals surface area contributed by atoms with Gasteiger partial charge in [0.05, 0.1) is 18.2 Å². The van der Waals surface area contributed by atoms with Gasteiger partial charge in [-0.2, -0.15) is 0 Å². The van der Waals surface area contributed by atoms with Gasteiger partial charge in [0.15, 0.2) is 11.5 Å². The SMILES string of the molecule is CCCN(CCC)C(=O)/C=C/c1cc(Cl)c(OC(C)C)c(OC)c1. The monoisotopic (exact) mass is 353 g/mol. The van der Waals surface area contributed by atoms with Crippen LogP contribution >= 0.6 is 11.6 Å². The summed E-state index contributed by atoms with van der Waals surface area (Å²) in [6, 6.07) is 3.59. The maximum atomic E-state index is 12.3. The van der Waals surface area contributed by atoms with Crippen molar-refractivity contribution in [2.75, 3.05) is 20.2 Å². The minimum Gasteiger partial charge on any atom is -0.493 e. The van der Waals surface area contributed by atoms with E-state index < -0.39 is 0 Å². The predicted molar refractivity (Wildman–Crippen MR) is 100.0 cm³/mol. The molecule has 0 N–H and O–H groups in total. The summed E-state index contributed by atoms with van der Waals surface area (Å²) < 4.78 is 11.1. The van der Waals surface area contributed by atoms with Crippen molar-refractivity contribution in [3.63, 3.8) is 0 Å². The number of methoxy groups -OCH3 is 1. The van der Waals surface area contributed by atoms with E-state index in [1.54, 1.807) is 25.3 Å². The lowest BCUT2D eigenvalue weighted by atomic mass is 10.1. The Bertz CT molecular complexity index is 564. The molecule has 0 atom stereocenters. The van der Waals surface area contributed by atoms with Crippen molar-refractivity contribution in [1.82, 2.24) is 4.90 Å². The Hall–Kier alpha value is -1.68. The van der Waals surface area contributed by atoms with Crippen LogP contribution in [0.3, 0.4) is 0 Å². The molecule has 24 heavy (non-hydrogen) atoms. The summed E-state index contributed by atoms with van der Waals surface area (Å²) in [6.45, 7) is 9.52. The van der Waals surface area contributed by atoms with Crippen molar-refractivity contribution >= 4 is 23.6 Å². The zero-order valence-electron chi connectivity index (χ0n) is 15.3. The second-order valence-corrected chi connectivity index (χ2v) is 6.27. The second kappa shape index (κ2) is 10.2. The lowest BCUT2D eigenvalue weighted by Gasteiger charge is -2.19. The quantitative estimate of drug-likeness (QED) is 0.599. The molecule has 0 bridgehead atoms. The molecule has 0 heterocycles. The number of rotatable bonds is 9. The molecule has 0 aliphatic carbocycles. The Morgan fingerprint density at radius 2 is 1.88 bits per heavy atom. The lowest BCUT2D eigenvalue weighted by Crippen LogP contribution is -2.30. The van der Waals surface area contributed by atoms with Crippen LogP contribution in [0.4, 0.5) is 0 Å². The minimum atomic E-state index is -0.00369. The Kier molecular flexibility index (Phi) is 8.69. The fourth-order valence-corrected chi connectivity index (χ4v) is 2.59. The number of amides is 1. The smallest absolute Gasteiger partial charge is 0.246 e. The first-order valence-corrected chi connectivity index (χ1v) is 8.81. The summed E-state index contributed by atoms with van der Waals surface area (Å²) >= 11 is 6.30. The summed E-state index contributed by atoms with van der Waals surface area (Å²) in [5.74, 6) is 1.09. The molecular weight excluding hydrogens is 326 g/mol. The Labute approximate surface area is 150 Å². The van der Waals surface area contributed by atoms with Crippen molar-refractivity contribution < 1.29 is 14.3 Å². The van der Waals surface area contributed by atoms with Crippen LogP contribution < -0.4 is 9.47 Å². The number of benzene rings is 1. The number of carbonyl (C=O) groups excluding carboxylic acids is 1. The summed E-state index contributed by atoms with van der Waals surface area (Å²) in [5, 5.41) is 0.467. The zero-order valence-corrected chi connectivity index (χ0v) is 16.0. The standard InChI is InChI=1S/C19H28ClNO3/c1-6-10-21(11-7-2)18(22)9-8-15-12-16(20)19(24-14(3)4)17(13-15)23-5/h8-9,12-14H,6-7,10-11H2,1-5H3/b9-8+. The Morgan fingerprint density at radius 1 is 1.25 bits per heavy atom. The van der Waals surface area contributed by atoms with E-state index in [9.17, 15) is 4.79 Å². The highest BCUT2D eigenvalue weighted by Gasteiger charge is 2.13. The summed E-state index contributed by atoms with van der Waals surface area (Å²) in [6.07, 6.45) is 5.23. The van der Waals surface area contributed by atoms with Gasteiger partial charge in [-0.15, -0.1) is 0 Å². The summed E-state index contributed by atoms with van der Waals surface area (Å²) in [5.41, 5.74) is 0.800. The third-order valence-electron chi connectivity index (χ3n) is 3.32. The first kappa shape index (κ1) is 20.4. The van der Waals surface area contributed by atoms with Gasteiger partial charge in [0.1, 0.15) is 0 Å². The topological polar surface area (TPSA) is 38.8 Å². The molecule has 1 aromatic carbocycles. The van der Waals surface area contributed by atoms with Crippen LogP contribution in [0.5, 0.6) is 11.5 Å². The first-order valence-electron chi connectivity index (χ1n) is 8.44. The molecule has 0 aromatic heterocycles. The van der Waals surface area contributed by atoms with E-state index in [1.165, 1.54) is 0 Å². The molecule has 0 fully saturated rings. The van der Waals surface area contributed by atoms with Crippen LogP contribution in [0.2, 0.25) is 5.02 Å². The largest absolute Gasteiger partial charge is 0.493 e. The number of hydrogen-bond acceptors (Lipinski definition) is 3. The lowest BCUT2D eigenvalue weighted by molar-refractivity contribution is -0.126. The Morgan fingerprint density at radius 3 is 2.38 bits per heavy atom. The van der Waals surface area contributed by atoms with Crippen molar-refractivity contribution in [3.8, 4) is 11.5 Å². The Balaban J connectivity index is 2.98. The molecule has 0 aliphatic heterocycles. The van der Waals surface area contributed by atoms with Gasteiger partial charge in [-0.25, -0.2) is 0 Å². The van der Waals surface area contributed by atoms with Crippen LogP contribution in [0.25, 0.3) is 6.08 Å². The summed E-state index contributed by atoms with van der Waals surface area (Å²) in [7, 11) is 1.57. The van der Waals surface area contributed by atoms with Gasteiger partial charge in [-0.3, -0.25) is 4.79 Å². The van der Waals surface area contributed by atoms with E-state index in [2.05, 4.69) is 13.8 Å². The summed E-state index contributed by atoms with van der Waals surface area (Å²) in [4.78, 5) is 14.2. The van der Waals surface area contributed by atoms with Crippen LogP contribution in [0, 0.1) is 0 Å². The maximum Gasteiger partial charge on any atom is 0.246 e. The molecule has 0 unspecified atom stereocenters. The van der Waals surface area contributed by atoms with Crippen LogP contribution in [-0.4, -0.2) is 37.1 Å². The molecule has 5 heteroatoms. The van der Waals surface area contributed by atoms with Crippen LogP contribution in [0.1, 0.15) is 46.1 Å². The van der Waals surface area contributed by atoms with E-state index in [1.807, 2.05) is 24.8 Å². The molecule has 4 nitrogen and oxygen atoms in total. The fraction of sp³-hybridized carbons (Fsp3) is 0.526. The molecule has 0 aliphatic rings. The van der Waals surface area contributed by atoms with E-state index in [0.29, 0.717) is 16.5 Å². The van der Waals surface area contributed by atoms with E-state index in [-0.39, 0.29) is 12.0 Å². The third kappa shape index (κ3) is 6.08. The van der Waals surface area contributed by atoms with Gasteiger partial charge < -0.3 is 14.4 Å². The van der Waals surface area contributed by atoms with E-state index >= 15 is 0 Å². The highest BCUT2D eigenvalue weighted by atomic mass is 35.5. The van der Waals surface area contributed by atoms with Crippen LogP contribution in [0.15, 0.2) is 18.2 Å². The van der Waals surface area contributed by atoms with Crippen LogP contribution in [-0.2, 0) is 4.79 Å². The molecule has 1 aromatic rings. The average Bonchev–Trinajstić information content (AvgIpc) is 2.54. The molecule has 0 saturated carbocycles. The minimum absolute atomic E-state index is 0.00369. The number of hydrogen-bond donors (Lipinski definition) is 0. The predicted octanol–water partition coefficient (Wildman–Crippen LogP) is 4.80. The van der Waals surface area contributed by atoms with Gasteiger partial charge in [0, 0.05) is 19.2 Å². The van der Waals surface area contributed by atoms with Crippen molar-refractivity contribution in [2.45, 2.75) is 46.6 Å². The molecule has 1 rings (SSSR count). The molecule has 1 amide bonds.